The van der Waals surface area contributed by atoms with Gasteiger partial charge in [0.05, 0.1) is 25.1 Å². The monoisotopic (exact) mass is 280 g/mol. The van der Waals surface area contributed by atoms with Gasteiger partial charge in [-0.05, 0) is 25.9 Å². The Hall–Kier alpha value is -1.40. The third kappa shape index (κ3) is 4.31. The summed E-state index contributed by atoms with van der Waals surface area (Å²) in [7, 11) is 0. The Morgan fingerprint density at radius 2 is 2.15 bits per heavy atom. The maximum absolute atomic E-state index is 12.0. The van der Waals surface area contributed by atoms with E-state index < -0.39 is 0 Å². The van der Waals surface area contributed by atoms with Gasteiger partial charge in [0, 0.05) is 25.7 Å². The highest BCUT2D eigenvalue weighted by atomic mass is 16.5. The van der Waals surface area contributed by atoms with E-state index in [4.69, 9.17) is 4.74 Å². The molecule has 0 amide bonds. The predicted molar refractivity (Wildman–Crippen MR) is 79.3 cm³/mol. The molecule has 2 heterocycles. The maximum atomic E-state index is 12.0. The van der Waals surface area contributed by atoms with Gasteiger partial charge in [-0.25, -0.2) is 4.68 Å². The van der Waals surface area contributed by atoms with Crippen LogP contribution in [0.25, 0.3) is 0 Å². The molecule has 0 spiro atoms. The largest absolute Gasteiger partial charge is 0.378 e. The molecule has 2 rings (SSSR count). The van der Waals surface area contributed by atoms with Crippen molar-refractivity contribution in [2.75, 3.05) is 44.3 Å². The van der Waals surface area contributed by atoms with Crippen LogP contribution in [0.1, 0.15) is 19.8 Å². The minimum atomic E-state index is -0.0163. The number of unbranched alkanes of at least 4 members (excludes halogenated alkanes) is 1. The Kier molecular flexibility index (Phi) is 6.01. The second-order valence-electron chi connectivity index (χ2n) is 4.94. The van der Waals surface area contributed by atoms with Crippen LogP contribution in [0.3, 0.4) is 0 Å². The van der Waals surface area contributed by atoms with Crippen LogP contribution in [-0.4, -0.2) is 49.2 Å². The fourth-order valence-electron chi connectivity index (χ4n) is 2.27. The highest BCUT2D eigenvalue weighted by molar-refractivity contribution is 5.43. The third-order valence-corrected chi connectivity index (χ3v) is 3.45. The molecular formula is C14H24N4O2. The number of aromatic nitrogens is 2. The van der Waals surface area contributed by atoms with Gasteiger partial charge in [0.15, 0.2) is 0 Å². The van der Waals surface area contributed by atoms with Gasteiger partial charge in [0.1, 0.15) is 0 Å². The lowest BCUT2D eigenvalue weighted by molar-refractivity contribution is 0.122. The second-order valence-corrected chi connectivity index (χ2v) is 4.94. The zero-order chi connectivity index (χ0) is 14.2. The number of hydrogen-bond donors (Lipinski definition) is 1. The van der Waals surface area contributed by atoms with E-state index >= 15 is 0 Å². The number of morpholine rings is 1. The molecule has 1 aromatic heterocycles. The molecule has 0 bridgehead atoms. The molecule has 6 heteroatoms. The zero-order valence-corrected chi connectivity index (χ0v) is 12.2. The molecule has 1 N–H and O–H groups in total. The lowest BCUT2D eigenvalue weighted by Gasteiger charge is -2.28. The normalized spacial score (nSPS) is 15.6. The number of nitrogens with zero attached hydrogens (tertiary/aromatic N) is 3. The summed E-state index contributed by atoms with van der Waals surface area (Å²) in [6, 6.07) is 1.68. The molecular weight excluding hydrogens is 256 g/mol. The quantitative estimate of drug-likeness (QED) is 0.736. The number of nitrogens with one attached hydrogen (secondary N) is 1. The van der Waals surface area contributed by atoms with E-state index in [9.17, 15) is 4.79 Å². The average Bonchev–Trinajstić information content (AvgIpc) is 2.49. The SMILES string of the molecule is CCNCCCCn1ncc(N2CCOCC2)cc1=O. The van der Waals surface area contributed by atoms with Crippen LogP contribution >= 0.6 is 0 Å². The summed E-state index contributed by atoms with van der Waals surface area (Å²) in [4.78, 5) is 14.2. The minimum Gasteiger partial charge on any atom is -0.378 e. The number of rotatable bonds is 7. The Morgan fingerprint density at radius 3 is 2.85 bits per heavy atom. The minimum absolute atomic E-state index is 0.0163. The van der Waals surface area contributed by atoms with Crippen molar-refractivity contribution in [3.63, 3.8) is 0 Å². The van der Waals surface area contributed by atoms with Gasteiger partial charge < -0.3 is 15.0 Å². The van der Waals surface area contributed by atoms with E-state index in [1.165, 1.54) is 0 Å². The summed E-state index contributed by atoms with van der Waals surface area (Å²) in [5, 5.41) is 7.55. The Bertz CT molecular complexity index is 455. The molecule has 1 aliphatic heterocycles. The molecule has 0 saturated carbocycles. The van der Waals surface area contributed by atoms with Crippen molar-refractivity contribution >= 4 is 5.69 Å². The lowest BCUT2D eigenvalue weighted by atomic mass is 10.3. The second kappa shape index (κ2) is 8.01. The summed E-state index contributed by atoms with van der Waals surface area (Å²) in [6.45, 7) is 7.86. The molecule has 20 heavy (non-hydrogen) atoms. The Labute approximate surface area is 119 Å². The molecule has 0 aliphatic carbocycles. The van der Waals surface area contributed by atoms with Gasteiger partial charge in [-0.2, -0.15) is 5.10 Å². The number of ether oxygens (including phenoxy) is 1. The first-order valence-corrected chi connectivity index (χ1v) is 7.42. The molecule has 1 aromatic rings. The number of aryl methyl sites for hydroxylation is 1. The topological polar surface area (TPSA) is 59.4 Å². The molecule has 0 atom stereocenters. The number of anilines is 1. The average molecular weight is 280 g/mol. The summed E-state index contributed by atoms with van der Waals surface area (Å²) in [5.74, 6) is 0. The first-order valence-electron chi connectivity index (χ1n) is 7.42. The van der Waals surface area contributed by atoms with Gasteiger partial charge in [0.2, 0.25) is 0 Å². The van der Waals surface area contributed by atoms with Gasteiger partial charge >= 0.3 is 0 Å². The van der Waals surface area contributed by atoms with E-state index in [1.54, 1.807) is 16.9 Å². The molecule has 0 radical (unpaired) electrons. The van der Waals surface area contributed by atoms with Crippen LogP contribution in [-0.2, 0) is 11.3 Å². The van der Waals surface area contributed by atoms with Crippen LogP contribution in [0.15, 0.2) is 17.1 Å². The van der Waals surface area contributed by atoms with Crippen LogP contribution in [0.2, 0.25) is 0 Å². The van der Waals surface area contributed by atoms with Gasteiger partial charge in [-0.15, -0.1) is 0 Å². The first kappa shape index (κ1) is 15.0. The molecule has 0 aromatic carbocycles. The highest BCUT2D eigenvalue weighted by Gasteiger charge is 2.12. The van der Waals surface area contributed by atoms with Gasteiger partial charge in [0.25, 0.3) is 5.56 Å². The van der Waals surface area contributed by atoms with Crippen molar-refractivity contribution in [2.24, 2.45) is 0 Å². The highest BCUT2D eigenvalue weighted by Crippen LogP contribution is 2.11. The van der Waals surface area contributed by atoms with Crippen molar-refractivity contribution in [2.45, 2.75) is 26.3 Å². The standard InChI is InChI=1S/C14H24N4O2/c1-2-15-5-3-4-6-18-14(19)11-13(12-16-18)17-7-9-20-10-8-17/h11-12,15H,2-10H2,1H3. The van der Waals surface area contributed by atoms with Crippen LogP contribution in [0, 0.1) is 0 Å². The summed E-state index contributed by atoms with van der Waals surface area (Å²) in [6.07, 6.45) is 3.82. The Balaban J connectivity index is 1.87. The molecule has 1 fully saturated rings. The van der Waals surface area contributed by atoms with E-state index in [0.29, 0.717) is 19.8 Å². The van der Waals surface area contributed by atoms with Crippen molar-refractivity contribution in [1.29, 1.82) is 0 Å². The van der Waals surface area contributed by atoms with Crippen LogP contribution in [0.5, 0.6) is 0 Å². The van der Waals surface area contributed by atoms with E-state index in [1.807, 2.05) is 0 Å². The fraction of sp³-hybridized carbons (Fsp3) is 0.714. The Morgan fingerprint density at radius 1 is 1.35 bits per heavy atom. The fourth-order valence-corrected chi connectivity index (χ4v) is 2.27. The van der Waals surface area contributed by atoms with E-state index in [-0.39, 0.29) is 5.56 Å². The summed E-state index contributed by atoms with van der Waals surface area (Å²) >= 11 is 0. The van der Waals surface area contributed by atoms with Crippen molar-refractivity contribution in [1.82, 2.24) is 15.1 Å². The predicted octanol–water partition coefficient (Wildman–Crippen LogP) is 0.470. The molecule has 0 unspecified atom stereocenters. The molecule has 1 aliphatic rings. The maximum Gasteiger partial charge on any atom is 0.268 e. The third-order valence-electron chi connectivity index (χ3n) is 3.45. The lowest BCUT2D eigenvalue weighted by Crippen LogP contribution is -2.37. The summed E-state index contributed by atoms with van der Waals surface area (Å²) in [5.41, 5.74) is 0.889. The van der Waals surface area contributed by atoms with Crippen LogP contribution < -0.4 is 15.8 Å². The van der Waals surface area contributed by atoms with Crippen molar-refractivity contribution in [3.8, 4) is 0 Å². The van der Waals surface area contributed by atoms with Crippen molar-refractivity contribution < 1.29 is 4.74 Å². The molecule has 1 saturated heterocycles. The van der Waals surface area contributed by atoms with Crippen molar-refractivity contribution in [3.05, 3.63) is 22.6 Å². The van der Waals surface area contributed by atoms with Gasteiger partial charge in [-0.3, -0.25) is 4.79 Å². The van der Waals surface area contributed by atoms with Gasteiger partial charge in [-0.1, -0.05) is 6.92 Å². The zero-order valence-electron chi connectivity index (χ0n) is 12.2. The van der Waals surface area contributed by atoms with E-state index in [0.717, 1.165) is 44.7 Å². The molecule has 112 valence electrons. The van der Waals surface area contributed by atoms with E-state index in [2.05, 4.69) is 22.2 Å². The summed E-state index contributed by atoms with van der Waals surface area (Å²) < 4.78 is 6.86. The first-order chi connectivity index (χ1) is 9.81. The number of hydrogen-bond acceptors (Lipinski definition) is 5. The van der Waals surface area contributed by atoms with Crippen LogP contribution in [0.4, 0.5) is 5.69 Å². The smallest absolute Gasteiger partial charge is 0.268 e. The molecule has 6 nitrogen and oxygen atoms in total.